The van der Waals surface area contributed by atoms with Crippen LogP contribution in [0, 0.1) is 0 Å². The largest absolute Gasteiger partial charge is 0.358 e. The summed E-state index contributed by atoms with van der Waals surface area (Å²) >= 11 is 0. The second-order valence-electron chi connectivity index (χ2n) is 3.01. The van der Waals surface area contributed by atoms with Gasteiger partial charge < -0.3 is 5.32 Å². The van der Waals surface area contributed by atoms with E-state index in [-0.39, 0.29) is 4.90 Å². The molecule has 1 amide bonds. The molecule has 0 radical (unpaired) electrons. The second-order valence-corrected chi connectivity index (χ2v) is 4.57. The molecule has 0 atom stereocenters. The molecule has 0 saturated carbocycles. The third-order valence-electron chi connectivity index (χ3n) is 1.89. The Hall–Kier alpha value is -1.40. The van der Waals surface area contributed by atoms with E-state index in [1.807, 2.05) is 0 Å². The normalized spacial score (nSPS) is 11.0. The Kier molecular flexibility index (Phi) is 3.81. The highest BCUT2D eigenvalue weighted by Crippen LogP contribution is 2.08. The maximum atomic E-state index is 10.9. The molecular formula is C9H12N2O3S. The van der Waals surface area contributed by atoms with Gasteiger partial charge in [0.15, 0.2) is 0 Å². The Labute approximate surface area is 88.3 Å². The number of nitrogens with one attached hydrogen (secondary N) is 1. The van der Waals surface area contributed by atoms with Crippen LogP contribution in [0.1, 0.15) is 5.56 Å². The lowest BCUT2D eigenvalue weighted by Gasteiger charge is -2.02. The van der Waals surface area contributed by atoms with Crippen molar-refractivity contribution >= 4 is 16.4 Å². The molecule has 1 rings (SSSR count). The SMILES string of the molecule is NS(=O)(=O)c1ccc(CCNC=O)cc1. The molecule has 0 heterocycles. The monoisotopic (exact) mass is 228 g/mol. The Morgan fingerprint density at radius 2 is 1.87 bits per heavy atom. The molecule has 1 aromatic carbocycles. The van der Waals surface area contributed by atoms with Gasteiger partial charge >= 0.3 is 0 Å². The molecule has 0 saturated heterocycles. The molecule has 6 heteroatoms. The molecule has 15 heavy (non-hydrogen) atoms. The van der Waals surface area contributed by atoms with Crippen molar-refractivity contribution < 1.29 is 13.2 Å². The lowest BCUT2D eigenvalue weighted by molar-refractivity contribution is -0.109. The predicted octanol–water partition coefficient (Wildman–Crippen LogP) is -0.378. The molecule has 0 fully saturated rings. The molecule has 5 nitrogen and oxygen atoms in total. The van der Waals surface area contributed by atoms with Crippen LogP contribution in [0.3, 0.4) is 0 Å². The van der Waals surface area contributed by atoms with Gasteiger partial charge in [0.2, 0.25) is 16.4 Å². The number of hydrogen-bond acceptors (Lipinski definition) is 3. The standard InChI is InChI=1S/C9H12N2O3S/c10-15(13,14)9-3-1-8(2-4-9)5-6-11-7-12/h1-4,7H,5-6H2,(H,11,12)(H2,10,13,14). The Bertz CT molecular complexity index is 425. The molecule has 0 aliphatic carbocycles. The van der Waals surface area contributed by atoms with E-state index < -0.39 is 10.0 Å². The first-order valence-electron chi connectivity index (χ1n) is 4.33. The molecule has 0 unspecified atom stereocenters. The lowest BCUT2D eigenvalue weighted by Crippen LogP contribution is -2.15. The van der Waals surface area contributed by atoms with Crippen LogP contribution in [0.4, 0.5) is 0 Å². The summed E-state index contributed by atoms with van der Waals surface area (Å²) in [6.07, 6.45) is 1.28. The Morgan fingerprint density at radius 3 is 2.33 bits per heavy atom. The zero-order chi connectivity index (χ0) is 11.3. The summed E-state index contributed by atoms with van der Waals surface area (Å²) in [6, 6.07) is 6.25. The summed E-state index contributed by atoms with van der Waals surface area (Å²) in [6.45, 7) is 0.526. The van der Waals surface area contributed by atoms with E-state index in [0.29, 0.717) is 19.4 Å². The third kappa shape index (κ3) is 3.69. The number of carbonyl (C=O) groups is 1. The van der Waals surface area contributed by atoms with Crippen LogP contribution in [0.5, 0.6) is 0 Å². The first-order valence-corrected chi connectivity index (χ1v) is 5.87. The van der Waals surface area contributed by atoms with Crippen molar-refractivity contribution in [1.82, 2.24) is 5.32 Å². The summed E-state index contributed by atoms with van der Waals surface area (Å²) in [7, 11) is -3.62. The van der Waals surface area contributed by atoms with Gasteiger partial charge in [-0.05, 0) is 24.1 Å². The molecule has 0 aromatic heterocycles. The van der Waals surface area contributed by atoms with Crippen molar-refractivity contribution in [2.75, 3.05) is 6.54 Å². The van der Waals surface area contributed by atoms with E-state index in [2.05, 4.69) is 5.32 Å². The number of sulfonamides is 1. The lowest BCUT2D eigenvalue weighted by atomic mass is 10.1. The predicted molar refractivity (Wildman–Crippen MR) is 55.6 cm³/mol. The first-order chi connectivity index (χ1) is 7.04. The smallest absolute Gasteiger partial charge is 0.238 e. The van der Waals surface area contributed by atoms with Crippen LogP contribution in [0.25, 0.3) is 0 Å². The fourth-order valence-electron chi connectivity index (χ4n) is 1.12. The summed E-state index contributed by atoms with van der Waals surface area (Å²) in [5, 5.41) is 7.46. The van der Waals surface area contributed by atoms with Gasteiger partial charge in [0.25, 0.3) is 0 Å². The van der Waals surface area contributed by atoms with E-state index in [1.165, 1.54) is 12.1 Å². The molecule has 82 valence electrons. The quantitative estimate of drug-likeness (QED) is 0.532. The van der Waals surface area contributed by atoms with Gasteiger partial charge in [0.1, 0.15) is 0 Å². The highest BCUT2D eigenvalue weighted by Gasteiger charge is 2.06. The minimum Gasteiger partial charge on any atom is -0.358 e. The number of carbonyl (C=O) groups excluding carboxylic acids is 1. The maximum Gasteiger partial charge on any atom is 0.238 e. The molecule has 0 bridgehead atoms. The summed E-state index contributed by atoms with van der Waals surface area (Å²) in [4.78, 5) is 10.1. The Morgan fingerprint density at radius 1 is 1.27 bits per heavy atom. The van der Waals surface area contributed by atoms with Gasteiger partial charge in [-0.25, -0.2) is 13.6 Å². The van der Waals surface area contributed by atoms with Crippen LogP contribution >= 0.6 is 0 Å². The van der Waals surface area contributed by atoms with Crippen molar-refractivity contribution in [2.45, 2.75) is 11.3 Å². The molecular weight excluding hydrogens is 216 g/mol. The third-order valence-corrected chi connectivity index (χ3v) is 2.82. The molecule has 0 aliphatic heterocycles. The highest BCUT2D eigenvalue weighted by molar-refractivity contribution is 7.89. The minimum absolute atomic E-state index is 0.0922. The molecule has 3 N–H and O–H groups in total. The highest BCUT2D eigenvalue weighted by atomic mass is 32.2. The van der Waals surface area contributed by atoms with Crippen molar-refractivity contribution in [1.29, 1.82) is 0 Å². The fourth-order valence-corrected chi connectivity index (χ4v) is 1.64. The number of benzene rings is 1. The van der Waals surface area contributed by atoms with Crippen LogP contribution in [-0.2, 0) is 21.2 Å². The van der Waals surface area contributed by atoms with Gasteiger partial charge in [0.05, 0.1) is 4.90 Å². The number of amides is 1. The van der Waals surface area contributed by atoms with Crippen LogP contribution in [0.15, 0.2) is 29.2 Å². The molecule has 0 spiro atoms. The summed E-state index contributed by atoms with van der Waals surface area (Å²) in [5.41, 5.74) is 0.941. The summed E-state index contributed by atoms with van der Waals surface area (Å²) < 4.78 is 21.8. The number of nitrogens with two attached hydrogens (primary N) is 1. The minimum atomic E-state index is -3.62. The van der Waals surface area contributed by atoms with Crippen LogP contribution in [-0.4, -0.2) is 21.4 Å². The molecule has 1 aromatic rings. The zero-order valence-corrected chi connectivity index (χ0v) is 8.83. The van der Waals surface area contributed by atoms with E-state index in [1.54, 1.807) is 12.1 Å². The van der Waals surface area contributed by atoms with Crippen molar-refractivity contribution in [2.24, 2.45) is 5.14 Å². The van der Waals surface area contributed by atoms with E-state index in [9.17, 15) is 13.2 Å². The summed E-state index contributed by atoms with van der Waals surface area (Å²) in [5.74, 6) is 0. The van der Waals surface area contributed by atoms with Gasteiger partial charge in [-0.1, -0.05) is 12.1 Å². The van der Waals surface area contributed by atoms with Crippen LogP contribution < -0.4 is 10.5 Å². The van der Waals surface area contributed by atoms with Crippen LogP contribution in [0.2, 0.25) is 0 Å². The van der Waals surface area contributed by atoms with Gasteiger partial charge in [-0.15, -0.1) is 0 Å². The van der Waals surface area contributed by atoms with E-state index in [4.69, 9.17) is 5.14 Å². The topological polar surface area (TPSA) is 89.3 Å². The number of hydrogen-bond donors (Lipinski definition) is 2. The second kappa shape index (κ2) is 4.90. The zero-order valence-electron chi connectivity index (χ0n) is 8.01. The van der Waals surface area contributed by atoms with Gasteiger partial charge in [-0.2, -0.15) is 0 Å². The molecule has 0 aliphatic rings. The number of rotatable bonds is 5. The fraction of sp³-hybridized carbons (Fsp3) is 0.222. The average Bonchev–Trinajstić information content (AvgIpc) is 2.18. The number of primary sulfonamides is 1. The van der Waals surface area contributed by atoms with Crippen molar-refractivity contribution in [3.05, 3.63) is 29.8 Å². The van der Waals surface area contributed by atoms with E-state index in [0.717, 1.165) is 5.56 Å². The van der Waals surface area contributed by atoms with Gasteiger partial charge in [0, 0.05) is 6.54 Å². The first kappa shape index (κ1) is 11.7. The average molecular weight is 228 g/mol. The maximum absolute atomic E-state index is 10.9. The van der Waals surface area contributed by atoms with E-state index >= 15 is 0 Å². The Balaban J connectivity index is 2.69. The van der Waals surface area contributed by atoms with Crippen molar-refractivity contribution in [3.8, 4) is 0 Å². The van der Waals surface area contributed by atoms with Crippen molar-refractivity contribution in [3.63, 3.8) is 0 Å². The van der Waals surface area contributed by atoms with Gasteiger partial charge in [-0.3, -0.25) is 4.79 Å².